The molecule has 4 heteroatoms. The highest BCUT2D eigenvalue weighted by Crippen LogP contribution is 2.68. The zero-order valence-corrected chi connectivity index (χ0v) is 42.7. The minimum absolute atomic E-state index is 0.618. The van der Waals surface area contributed by atoms with Crippen LogP contribution in [0.5, 0.6) is 34.5 Å². The molecule has 12 aromatic rings. The summed E-state index contributed by atoms with van der Waals surface area (Å²) in [5.41, 5.74) is 22.7. The van der Waals surface area contributed by atoms with Crippen molar-refractivity contribution < 1.29 is 14.2 Å². The molecule has 0 radical (unpaired) electrons. The van der Waals surface area contributed by atoms with Crippen LogP contribution in [0.3, 0.4) is 0 Å². The van der Waals surface area contributed by atoms with Crippen LogP contribution in [-0.2, 0) is 16.2 Å². The molecule has 0 unspecified atom stereocenters. The number of rotatable bonds is 3. The molecule has 368 valence electrons. The normalized spacial score (nSPS) is 15.2. The maximum atomic E-state index is 6.83. The van der Waals surface area contributed by atoms with E-state index in [2.05, 4.69) is 278 Å². The van der Waals surface area contributed by atoms with Crippen molar-refractivity contribution in [2.45, 2.75) is 16.2 Å². The van der Waals surface area contributed by atoms with Gasteiger partial charge in [0, 0.05) is 50.2 Å². The van der Waals surface area contributed by atoms with Crippen molar-refractivity contribution >= 4 is 17.1 Å². The van der Waals surface area contributed by atoms with Crippen molar-refractivity contribution in [1.82, 2.24) is 0 Å². The summed E-state index contributed by atoms with van der Waals surface area (Å²) in [5, 5.41) is 0. The fourth-order valence-electron chi connectivity index (χ4n) is 15.5. The number of ether oxygens (including phenoxy) is 3. The third-order valence-corrected chi connectivity index (χ3v) is 18.3. The Balaban J connectivity index is 0.969. The molecule has 0 saturated heterocycles. The molecule has 0 bridgehead atoms. The summed E-state index contributed by atoms with van der Waals surface area (Å²) < 4.78 is 20.4. The SMILES string of the molecule is c1ccc2c(c1)Oc1ccccc1C21c2ccccc2-c2cc(N(c3cccc4c3-c3ccccc3C43c4ccccc4Oc4ccccc43)c3cccc4c3-c3ccccc3C43c4ccccc4Oc4ccccc43)ccc21. The molecule has 0 amide bonds. The standard InChI is InChI=1S/C75H45NO3/c1-4-24-51-47(21-1)50-45-46(43-44-54(50)73(51)55-27-7-13-37-65(55)77-66-38-14-8-28-56(66)73)76(63-35-19-33-61-71(63)48-22-2-5-25-52(48)74(61)57-29-9-15-39-67(57)78-68-40-16-10-30-58(68)74)64-36-20-34-62-72(64)49-23-3-6-26-53(49)75(62)59-31-11-17-41-69(59)79-70-42-18-12-32-60(70)75/h1-45H. The number of hydrogen-bond donors (Lipinski definition) is 0. The highest BCUT2D eigenvalue weighted by molar-refractivity contribution is 6.04. The van der Waals surface area contributed by atoms with Gasteiger partial charge in [-0.05, 0) is 116 Å². The van der Waals surface area contributed by atoms with Gasteiger partial charge in [0.15, 0.2) is 0 Å². The van der Waals surface area contributed by atoms with Gasteiger partial charge in [-0.15, -0.1) is 0 Å². The number of benzene rings is 12. The Morgan fingerprint density at radius 2 is 0.494 bits per heavy atom. The van der Waals surface area contributed by atoms with Crippen LogP contribution < -0.4 is 19.1 Å². The number of nitrogens with zero attached hydrogens (tertiary/aromatic N) is 1. The van der Waals surface area contributed by atoms with Gasteiger partial charge >= 0.3 is 0 Å². The summed E-state index contributed by atoms with van der Waals surface area (Å²) in [6.45, 7) is 0. The van der Waals surface area contributed by atoms with E-state index < -0.39 is 16.2 Å². The van der Waals surface area contributed by atoms with E-state index in [1.165, 1.54) is 66.8 Å². The van der Waals surface area contributed by atoms with Crippen molar-refractivity contribution in [3.05, 3.63) is 340 Å². The molecule has 0 saturated carbocycles. The summed E-state index contributed by atoms with van der Waals surface area (Å²) in [6, 6.07) is 100. The first-order chi connectivity index (χ1) is 39.2. The Kier molecular flexibility index (Phi) is 8.44. The highest BCUT2D eigenvalue weighted by atomic mass is 16.5. The summed E-state index contributed by atoms with van der Waals surface area (Å²) in [6.07, 6.45) is 0. The first kappa shape index (κ1) is 43.0. The van der Waals surface area contributed by atoms with Crippen LogP contribution in [0.25, 0.3) is 33.4 Å². The number of hydrogen-bond acceptors (Lipinski definition) is 4. The van der Waals surface area contributed by atoms with Crippen LogP contribution in [0.4, 0.5) is 17.1 Å². The molecule has 6 aliphatic rings. The number of fused-ring (bicyclic) bond motifs is 27. The van der Waals surface area contributed by atoms with Crippen molar-refractivity contribution in [2.75, 3.05) is 4.90 Å². The van der Waals surface area contributed by atoms with Gasteiger partial charge in [0.2, 0.25) is 0 Å². The first-order valence-electron chi connectivity index (χ1n) is 27.3. The molecular weight excluding hydrogens is 963 g/mol. The summed E-state index contributed by atoms with van der Waals surface area (Å²) >= 11 is 0. The van der Waals surface area contributed by atoms with E-state index in [0.717, 1.165) is 84.9 Å². The molecule has 3 aliphatic heterocycles. The second kappa shape index (κ2) is 15.5. The molecule has 3 spiro atoms. The fourth-order valence-corrected chi connectivity index (χ4v) is 15.5. The number of anilines is 3. The van der Waals surface area contributed by atoms with Crippen molar-refractivity contribution in [3.63, 3.8) is 0 Å². The van der Waals surface area contributed by atoms with E-state index in [-0.39, 0.29) is 0 Å². The second-order valence-electron chi connectivity index (χ2n) is 21.6. The Bertz CT molecular complexity index is 4310. The smallest absolute Gasteiger partial charge is 0.132 e. The van der Waals surface area contributed by atoms with E-state index in [1.54, 1.807) is 0 Å². The average molecular weight is 1010 g/mol. The van der Waals surface area contributed by atoms with Crippen molar-refractivity contribution in [2.24, 2.45) is 0 Å². The van der Waals surface area contributed by atoms with E-state index in [9.17, 15) is 0 Å². The molecule has 0 N–H and O–H groups in total. The fraction of sp³-hybridized carbons (Fsp3) is 0.0400. The predicted octanol–water partition coefficient (Wildman–Crippen LogP) is 18.6. The molecule has 3 heterocycles. The molecule has 0 fully saturated rings. The summed E-state index contributed by atoms with van der Waals surface area (Å²) in [5.74, 6) is 5.23. The van der Waals surface area contributed by atoms with Gasteiger partial charge in [0.1, 0.15) is 34.5 Å². The molecule has 18 rings (SSSR count). The zero-order chi connectivity index (χ0) is 51.6. The van der Waals surface area contributed by atoms with Crippen LogP contribution in [-0.4, -0.2) is 0 Å². The summed E-state index contributed by atoms with van der Waals surface area (Å²) in [4.78, 5) is 2.59. The van der Waals surface area contributed by atoms with E-state index >= 15 is 0 Å². The minimum atomic E-state index is -0.670. The lowest BCUT2D eigenvalue weighted by molar-refractivity contribution is 0.436. The van der Waals surface area contributed by atoms with Gasteiger partial charge in [-0.25, -0.2) is 0 Å². The van der Waals surface area contributed by atoms with Crippen molar-refractivity contribution in [3.8, 4) is 67.9 Å². The van der Waals surface area contributed by atoms with Gasteiger partial charge in [-0.2, -0.15) is 0 Å². The van der Waals surface area contributed by atoms with Crippen molar-refractivity contribution in [1.29, 1.82) is 0 Å². The molecular formula is C75H45NO3. The molecule has 79 heavy (non-hydrogen) atoms. The molecule has 12 aromatic carbocycles. The number of para-hydroxylation sites is 6. The Hall–Kier alpha value is -10.2. The van der Waals surface area contributed by atoms with Gasteiger partial charge in [-0.3, -0.25) is 0 Å². The van der Waals surface area contributed by atoms with Gasteiger partial charge < -0.3 is 19.1 Å². The van der Waals surface area contributed by atoms with Gasteiger partial charge in [0.05, 0.1) is 27.6 Å². The summed E-state index contributed by atoms with van der Waals surface area (Å²) in [7, 11) is 0. The van der Waals surface area contributed by atoms with Gasteiger partial charge in [-0.1, -0.05) is 212 Å². The van der Waals surface area contributed by atoms with Crippen LogP contribution in [0.2, 0.25) is 0 Å². The van der Waals surface area contributed by atoms with E-state index in [4.69, 9.17) is 14.2 Å². The van der Waals surface area contributed by atoms with Crippen LogP contribution >= 0.6 is 0 Å². The largest absolute Gasteiger partial charge is 0.457 e. The lowest BCUT2D eigenvalue weighted by Gasteiger charge is -2.40. The third kappa shape index (κ3) is 5.20. The molecule has 4 nitrogen and oxygen atoms in total. The highest BCUT2D eigenvalue weighted by Gasteiger charge is 2.55. The predicted molar refractivity (Wildman–Crippen MR) is 313 cm³/mol. The molecule has 0 aromatic heterocycles. The molecule has 0 atom stereocenters. The Morgan fingerprint density at radius 3 is 0.873 bits per heavy atom. The average Bonchev–Trinajstić information content (AvgIpc) is 3.08. The Morgan fingerprint density at radius 1 is 0.215 bits per heavy atom. The van der Waals surface area contributed by atoms with Crippen LogP contribution in [0.15, 0.2) is 273 Å². The minimum Gasteiger partial charge on any atom is -0.457 e. The second-order valence-corrected chi connectivity index (χ2v) is 21.6. The van der Waals surface area contributed by atoms with E-state index in [0.29, 0.717) is 0 Å². The topological polar surface area (TPSA) is 30.9 Å². The van der Waals surface area contributed by atoms with Crippen LogP contribution in [0, 0.1) is 0 Å². The Labute approximate surface area is 457 Å². The van der Waals surface area contributed by atoms with Gasteiger partial charge in [0.25, 0.3) is 0 Å². The van der Waals surface area contributed by atoms with Crippen LogP contribution in [0.1, 0.15) is 66.8 Å². The lowest BCUT2D eigenvalue weighted by atomic mass is 9.66. The first-order valence-corrected chi connectivity index (χ1v) is 27.3. The van der Waals surface area contributed by atoms with E-state index in [1.807, 2.05) is 0 Å². The maximum absolute atomic E-state index is 6.83. The quantitative estimate of drug-likeness (QED) is 0.176. The maximum Gasteiger partial charge on any atom is 0.132 e. The monoisotopic (exact) mass is 1010 g/mol. The third-order valence-electron chi connectivity index (χ3n) is 18.3. The zero-order valence-electron chi connectivity index (χ0n) is 42.7. The lowest BCUT2D eigenvalue weighted by Crippen LogP contribution is -2.32. The molecule has 3 aliphatic carbocycles.